The smallest absolute Gasteiger partial charge is 0.220 e. The van der Waals surface area contributed by atoms with E-state index in [0.717, 1.165) is 116 Å². The highest BCUT2D eigenvalue weighted by atomic mass is 16.7. The molecule has 2 saturated heterocycles. The van der Waals surface area contributed by atoms with Crippen molar-refractivity contribution >= 4 is 5.91 Å². The van der Waals surface area contributed by atoms with E-state index in [2.05, 4.69) is 141 Å². The molecule has 2 fully saturated rings. The van der Waals surface area contributed by atoms with Crippen LogP contribution in [0.1, 0.15) is 264 Å². The Morgan fingerprint density at radius 1 is 0.398 bits per heavy atom. The van der Waals surface area contributed by atoms with Crippen LogP contribution >= 0.6 is 0 Å². The zero-order valence-electron chi connectivity index (χ0n) is 57.9. The Hall–Kier alpha value is -3.87. The molecule has 0 saturated carbocycles. The molecule has 2 rings (SSSR count). The van der Waals surface area contributed by atoms with Crippen LogP contribution in [0, 0.1) is 0 Å². The first-order valence-electron chi connectivity index (χ1n) is 36.9. The zero-order valence-corrected chi connectivity index (χ0v) is 57.9. The van der Waals surface area contributed by atoms with Crippen molar-refractivity contribution in [1.29, 1.82) is 0 Å². The summed E-state index contributed by atoms with van der Waals surface area (Å²) in [5.74, 6) is -0.264. The molecule has 2 aliphatic rings. The maximum atomic E-state index is 13.3. The molecule has 0 bridgehead atoms. The van der Waals surface area contributed by atoms with Crippen molar-refractivity contribution in [3.8, 4) is 0 Å². The Kier molecular flexibility index (Phi) is 56.5. The van der Waals surface area contributed by atoms with Gasteiger partial charge in [-0.15, -0.1) is 0 Å². The molecule has 12 atom stereocenters. The lowest BCUT2D eigenvalue weighted by Crippen LogP contribution is -2.65. The second-order valence-electron chi connectivity index (χ2n) is 25.3. The van der Waals surface area contributed by atoms with Gasteiger partial charge in [-0.3, -0.25) is 4.79 Å². The number of hydrogen-bond donors (Lipinski definition) is 9. The summed E-state index contributed by atoms with van der Waals surface area (Å²) in [5, 5.41) is 87.5. The van der Waals surface area contributed by atoms with Gasteiger partial charge in [-0.1, -0.05) is 289 Å². The summed E-state index contributed by atoms with van der Waals surface area (Å²) in [5.41, 5.74) is 0. The van der Waals surface area contributed by atoms with Gasteiger partial charge in [0, 0.05) is 6.42 Å². The molecule has 532 valence electrons. The molecule has 93 heavy (non-hydrogen) atoms. The normalized spacial score (nSPS) is 23.4. The van der Waals surface area contributed by atoms with Gasteiger partial charge in [-0.25, -0.2) is 0 Å². The molecular formula is C79H133NO13. The van der Waals surface area contributed by atoms with Crippen LogP contribution in [0.4, 0.5) is 0 Å². The van der Waals surface area contributed by atoms with Crippen LogP contribution < -0.4 is 5.32 Å². The summed E-state index contributed by atoms with van der Waals surface area (Å²) in [7, 11) is 0. The molecule has 0 aromatic heterocycles. The van der Waals surface area contributed by atoms with E-state index in [0.29, 0.717) is 12.8 Å². The maximum Gasteiger partial charge on any atom is 0.220 e. The number of hydrogen-bond acceptors (Lipinski definition) is 13. The molecule has 1 amide bonds. The van der Waals surface area contributed by atoms with E-state index >= 15 is 0 Å². The van der Waals surface area contributed by atoms with Gasteiger partial charge in [0.15, 0.2) is 12.6 Å². The van der Waals surface area contributed by atoms with Gasteiger partial charge in [-0.2, -0.15) is 0 Å². The van der Waals surface area contributed by atoms with E-state index in [1.807, 2.05) is 6.08 Å². The van der Waals surface area contributed by atoms with E-state index in [1.54, 1.807) is 6.08 Å². The number of allylic oxidation sites excluding steroid dienone is 21. The molecule has 12 unspecified atom stereocenters. The minimum atomic E-state index is -1.80. The van der Waals surface area contributed by atoms with E-state index in [4.69, 9.17) is 18.9 Å². The lowest BCUT2D eigenvalue weighted by Gasteiger charge is -2.46. The molecule has 14 heteroatoms. The predicted molar refractivity (Wildman–Crippen MR) is 382 cm³/mol. The highest BCUT2D eigenvalue weighted by Gasteiger charge is 2.51. The lowest BCUT2D eigenvalue weighted by molar-refractivity contribution is -0.359. The summed E-state index contributed by atoms with van der Waals surface area (Å²) < 4.78 is 22.8. The van der Waals surface area contributed by atoms with Crippen molar-refractivity contribution in [1.82, 2.24) is 5.32 Å². The average molecular weight is 1300 g/mol. The average Bonchev–Trinajstić information content (AvgIpc) is 0.854. The van der Waals surface area contributed by atoms with E-state index < -0.39 is 86.8 Å². The fourth-order valence-electron chi connectivity index (χ4n) is 11.2. The number of aliphatic hydroxyl groups is 8. The highest BCUT2D eigenvalue weighted by Crippen LogP contribution is 2.30. The SMILES string of the molecule is CC/C=C\C/C=C\C/C=C\C/C=C\C/C=C\C/C=C\C/C=C\C/C=C\C/C=C\CCCCCCCCCC(=O)NC(COC1OC(CO)C(OC2OC(CO)C(O)C(O)C2O)C(O)C1O)C(O)/C=C/CC/C=C/CCCCCCCCCCCCCCCCCCCC. The van der Waals surface area contributed by atoms with E-state index in [1.165, 1.54) is 116 Å². The van der Waals surface area contributed by atoms with Gasteiger partial charge in [0.2, 0.25) is 5.91 Å². The van der Waals surface area contributed by atoms with E-state index in [9.17, 15) is 45.6 Å². The number of carbonyl (C=O) groups excluding carboxylic acids is 1. The number of nitrogens with one attached hydrogen (secondary N) is 1. The number of amides is 1. The fourth-order valence-corrected chi connectivity index (χ4v) is 11.2. The Labute approximate surface area is 564 Å². The van der Waals surface area contributed by atoms with Gasteiger partial charge in [0.05, 0.1) is 32.0 Å². The van der Waals surface area contributed by atoms with Crippen LogP contribution in [0.3, 0.4) is 0 Å². The predicted octanol–water partition coefficient (Wildman–Crippen LogP) is 15.8. The Bertz CT molecular complexity index is 2070. The molecular weight excluding hydrogens is 1170 g/mol. The van der Waals surface area contributed by atoms with Gasteiger partial charge >= 0.3 is 0 Å². The molecule has 0 aromatic rings. The third-order valence-electron chi connectivity index (χ3n) is 17.1. The molecule has 0 aromatic carbocycles. The number of aliphatic hydroxyl groups excluding tert-OH is 8. The fraction of sp³-hybridized carbons (Fsp3) is 0.709. The summed E-state index contributed by atoms with van der Waals surface area (Å²) in [4.78, 5) is 13.3. The largest absolute Gasteiger partial charge is 0.394 e. The van der Waals surface area contributed by atoms with E-state index in [-0.39, 0.29) is 18.9 Å². The Morgan fingerprint density at radius 3 is 1.18 bits per heavy atom. The van der Waals surface area contributed by atoms with Gasteiger partial charge in [-0.05, 0) is 103 Å². The number of carbonyl (C=O) groups is 1. The van der Waals surface area contributed by atoms with Crippen molar-refractivity contribution in [2.45, 2.75) is 338 Å². The quantitative estimate of drug-likeness (QED) is 0.0204. The van der Waals surface area contributed by atoms with Gasteiger partial charge < -0.3 is 65.1 Å². The maximum absolute atomic E-state index is 13.3. The van der Waals surface area contributed by atoms with Crippen LogP contribution in [0.15, 0.2) is 134 Å². The Morgan fingerprint density at radius 2 is 0.753 bits per heavy atom. The van der Waals surface area contributed by atoms with Crippen LogP contribution in [0.5, 0.6) is 0 Å². The first-order valence-corrected chi connectivity index (χ1v) is 36.9. The molecule has 0 aliphatic carbocycles. The van der Waals surface area contributed by atoms with Crippen LogP contribution in [-0.4, -0.2) is 140 Å². The molecule has 0 radical (unpaired) electrons. The van der Waals surface area contributed by atoms with Crippen molar-refractivity contribution in [3.63, 3.8) is 0 Å². The monoisotopic (exact) mass is 1300 g/mol. The molecule has 9 N–H and O–H groups in total. The molecule has 0 spiro atoms. The van der Waals surface area contributed by atoms with Crippen LogP contribution in [0.2, 0.25) is 0 Å². The van der Waals surface area contributed by atoms with Crippen molar-refractivity contribution in [3.05, 3.63) is 134 Å². The minimum Gasteiger partial charge on any atom is -0.394 e. The van der Waals surface area contributed by atoms with Crippen LogP contribution in [-0.2, 0) is 23.7 Å². The second kappa shape index (κ2) is 61.7. The molecule has 2 aliphatic heterocycles. The standard InChI is InChI=1S/C79H133NO13/c1-3-5-7-9-11-13-15-17-19-21-23-25-27-29-30-31-32-33-34-35-36-37-38-39-41-43-45-47-49-51-53-55-57-59-61-63-71(84)80-67(66-90-78-76(89)74(87)77(70(65-82)92-78)93-79-75(88)73(86)72(85)69(64-81)91-79)68(83)62-60-58-56-54-52-50-48-46-44-42-40-28-26-24-22-20-18-16-14-12-10-8-6-4-2/h5,7,11,13,17,19,23,25,29-30,32-33,35-36,38-39,43,45,52,54,60,62,67-70,72-79,81-83,85-89H,3-4,6,8-10,12,14-16,18,20-22,24,26-28,31,34,37,40-42,44,46-51,53,55-59,61,63-66H2,1-2H3,(H,80,84)/b7-5-,13-11-,19-17-,25-23-,30-29-,33-32-,36-35-,39-38-,45-43-,54-52+,62-60+. The second-order valence-corrected chi connectivity index (χ2v) is 25.3. The van der Waals surface area contributed by atoms with Gasteiger partial charge in [0.25, 0.3) is 0 Å². The minimum absolute atomic E-state index is 0.252. The summed E-state index contributed by atoms with van der Waals surface area (Å²) in [6.45, 7) is 2.67. The molecule has 14 nitrogen and oxygen atoms in total. The van der Waals surface area contributed by atoms with Crippen molar-refractivity contribution < 1.29 is 64.6 Å². The van der Waals surface area contributed by atoms with Crippen molar-refractivity contribution in [2.75, 3.05) is 19.8 Å². The summed E-state index contributed by atoms with van der Waals surface area (Å²) >= 11 is 0. The Balaban J connectivity index is 1.69. The molecule has 2 heterocycles. The summed E-state index contributed by atoms with van der Waals surface area (Å²) in [6.07, 6.45) is 75.0. The first kappa shape index (κ1) is 85.2. The topological polar surface area (TPSA) is 228 Å². The highest BCUT2D eigenvalue weighted by molar-refractivity contribution is 5.76. The number of rotatable bonds is 59. The number of ether oxygens (including phenoxy) is 4. The van der Waals surface area contributed by atoms with Crippen LogP contribution in [0.25, 0.3) is 0 Å². The van der Waals surface area contributed by atoms with Gasteiger partial charge in [0.1, 0.15) is 48.8 Å². The zero-order chi connectivity index (χ0) is 67.3. The first-order chi connectivity index (χ1) is 45.6. The van der Waals surface area contributed by atoms with Crippen molar-refractivity contribution in [2.24, 2.45) is 0 Å². The number of unbranched alkanes of at least 4 members (excludes halogenated alkanes) is 26. The lowest BCUT2D eigenvalue weighted by atomic mass is 9.97. The third-order valence-corrected chi connectivity index (χ3v) is 17.1. The summed E-state index contributed by atoms with van der Waals surface area (Å²) in [6, 6.07) is -0.949. The third kappa shape index (κ3) is 45.3.